The Hall–Kier alpha value is -3.12. The molecule has 6 nitrogen and oxygen atoms in total. The third-order valence-corrected chi connectivity index (χ3v) is 5.19. The molecule has 2 aromatic carbocycles. The lowest BCUT2D eigenvalue weighted by atomic mass is 10.0. The number of carbonyl (C=O) groups excluding carboxylic acids is 2. The number of nitrogens with zero attached hydrogens (tertiary/aromatic N) is 1. The summed E-state index contributed by atoms with van der Waals surface area (Å²) in [6.07, 6.45) is 5.68. The number of nitrogens with one attached hydrogen (secondary N) is 2. The Balaban J connectivity index is 1.61. The van der Waals surface area contributed by atoms with Crippen molar-refractivity contribution in [2.24, 2.45) is 0 Å². The number of carbonyl (C=O) groups is 2. The van der Waals surface area contributed by atoms with E-state index in [1.165, 1.54) is 19.8 Å². The van der Waals surface area contributed by atoms with Crippen LogP contribution in [0.5, 0.6) is 5.75 Å². The largest absolute Gasteiger partial charge is 0.497 e. The quantitative estimate of drug-likeness (QED) is 0.656. The molecule has 6 heteroatoms. The summed E-state index contributed by atoms with van der Waals surface area (Å²) in [5.74, 6) is 0.583. The summed E-state index contributed by atoms with van der Waals surface area (Å²) in [4.78, 5) is 25.9. The molecule has 1 aliphatic rings. The van der Waals surface area contributed by atoms with E-state index >= 15 is 0 Å². The van der Waals surface area contributed by atoms with Crippen molar-refractivity contribution in [3.63, 3.8) is 0 Å². The fraction of sp³-hybridized carbons (Fsp3) is 0.333. The van der Waals surface area contributed by atoms with Gasteiger partial charge in [-0.1, -0.05) is 24.3 Å². The molecule has 3 rings (SSSR count). The zero-order valence-corrected chi connectivity index (χ0v) is 17.6. The Kier molecular flexibility index (Phi) is 7.63. The van der Waals surface area contributed by atoms with Crippen LogP contribution in [-0.4, -0.2) is 43.5 Å². The maximum Gasteiger partial charge on any atom is 0.244 e. The first-order valence-corrected chi connectivity index (χ1v) is 10.3. The molecule has 1 aliphatic heterocycles. The van der Waals surface area contributed by atoms with E-state index in [0.29, 0.717) is 6.54 Å². The van der Waals surface area contributed by atoms with Crippen LogP contribution in [0.3, 0.4) is 0 Å². The van der Waals surface area contributed by atoms with E-state index in [-0.39, 0.29) is 17.9 Å². The number of hydrogen-bond donors (Lipinski definition) is 2. The summed E-state index contributed by atoms with van der Waals surface area (Å²) < 4.78 is 5.37. The Bertz CT molecular complexity index is 887. The average molecular weight is 408 g/mol. The molecule has 0 aliphatic carbocycles. The Morgan fingerprint density at radius 1 is 1.13 bits per heavy atom. The molecule has 0 radical (unpaired) electrons. The fourth-order valence-electron chi connectivity index (χ4n) is 3.67. The van der Waals surface area contributed by atoms with Crippen molar-refractivity contribution >= 4 is 23.6 Å². The van der Waals surface area contributed by atoms with E-state index < -0.39 is 0 Å². The van der Waals surface area contributed by atoms with Crippen molar-refractivity contribution in [2.45, 2.75) is 25.8 Å². The van der Waals surface area contributed by atoms with Crippen molar-refractivity contribution in [3.05, 3.63) is 65.7 Å². The number of rotatable bonds is 8. The molecule has 1 saturated heterocycles. The van der Waals surface area contributed by atoms with Crippen molar-refractivity contribution in [2.75, 3.05) is 32.1 Å². The van der Waals surface area contributed by atoms with Crippen LogP contribution in [0.15, 0.2) is 54.6 Å². The molecule has 0 aromatic heterocycles. The predicted molar refractivity (Wildman–Crippen MR) is 119 cm³/mol. The van der Waals surface area contributed by atoms with Crippen LogP contribution in [0, 0.1) is 0 Å². The topological polar surface area (TPSA) is 70.7 Å². The number of amides is 2. The van der Waals surface area contributed by atoms with Crippen molar-refractivity contribution in [1.29, 1.82) is 0 Å². The van der Waals surface area contributed by atoms with Gasteiger partial charge in [0.05, 0.1) is 13.2 Å². The van der Waals surface area contributed by atoms with Crippen LogP contribution in [0.4, 0.5) is 5.69 Å². The summed E-state index contributed by atoms with van der Waals surface area (Å²) in [5.41, 5.74) is 2.77. The molecule has 1 fully saturated rings. The van der Waals surface area contributed by atoms with Crippen LogP contribution in [0.2, 0.25) is 0 Å². The Morgan fingerprint density at radius 3 is 2.53 bits per heavy atom. The summed E-state index contributed by atoms with van der Waals surface area (Å²) in [6.45, 7) is 4.08. The van der Waals surface area contributed by atoms with Gasteiger partial charge in [0.1, 0.15) is 5.75 Å². The first-order chi connectivity index (χ1) is 14.5. The van der Waals surface area contributed by atoms with Crippen molar-refractivity contribution in [3.8, 4) is 5.75 Å². The van der Waals surface area contributed by atoms with E-state index in [2.05, 4.69) is 21.6 Å². The summed E-state index contributed by atoms with van der Waals surface area (Å²) in [5, 5.41) is 5.76. The number of methoxy groups -OCH3 is 1. The molecule has 0 saturated carbocycles. The molecule has 2 amide bonds. The van der Waals surface area contributed by atoms with Gasteiger partial charge in [0.2, 0.25) is 11.8 Å². The molecule has 1 unspecified atom stereocenters. The van der Waals surface area contributed by atoms with Gasteiger partial charge in [0, 0.05) is 25.2 Å². The Labute approximate surface area is 177 Å². The minimum atomic E-state index is -0.131. The highest BCUT2D eigenvalue weighted by Crippen LogP contribution is 2.27. The Morgan fingerprint density at radius 2 is 1.87 bits per heavy atom. The third kappa shape index (κ3) is 6.19. The zero-order chi connectivity index (χ0) is 21.3. The highest BCUT2D eigenvalue weighted by Gasteiger charge is 2.24. The highest BCUT2D eigenvalue weighted by molar-refractivity contribution is 5.92. The molecular formula is C24H29N3O3. The van der Waals surface area contributed by atoms with Gasteiger partial charge in [-0.05, 0) is 67.4 Å². The van der Waals surface area contributed by atoms with Crippen LogP contribution >= 0.6 is 0 Å². The van der Waals surface area contributed by atoms with E-state index in [0.717, 1.165) is 35.7 Å². The molecule has 158 valence electrons. The van der Waals surface area contributed by atoms with Crippen molar-refractivity contribution in [1.82, 2.24) is 10.2 Å². The SMILES string of the molecule is COc1cccc(C(CNC(=O)/C=C/c2ccc(NC(C)=O)cc2)N2CCCC2)c1. The maximum absolute atomic E-state index is 12.4. The standard InChI is InChI=1S/C24H29N3O3/c1-18(28)26-21-11-8-19(9-12-21)10-13-24(29)25-17-23(27-14-3-4-15-27)20-6-5-7-22(16-20)30-2/h5-13,16,23H,3-4,14-15,17H2,1-2H3,(H,25,29)(H,26,28)/b13-10+. The summed E-state index contributed by atoms with van der Waals surface area (Å²) in [6, 6.07) is 15.5. The second kappa shape index (κ2) is 10.6. The second-order valence-corrected chi connectivity index (χ2v) is 7.42. The molecule has 1 atom stereocenters. The molecule has 0 spiro atoms. The van der Waals surface area contributed by atoms with Crippen LogP contribution in [0.25, 0.3) is 6.08 Å². The average Bonchev–Trinajstić information content (AvgIpc) is 3.28. The fourth-order valence-corrected chi connectivity index (χ4v) is 3.67. The number of likely N-dealkylation sites (tertiary alicyclic amines) is 1. The van der Waals surface area contributed by atoms with Crippen LogP contribution in [-0.2, 0) is 9.59 Å². The van der Waals surface area contributed by atoms with Gasteiger partial charge >= 0.3 is 0 Å². The smallest absolute Gasteiger partial charge is 0.244 e. The number of hydrogen-bond acceptors (Lipinski definition) is 4. The van der Waals surface area contributed by atoms with Crippen LogP contribution < -0.4 is 15.4 Å². The first kappa shape index (κ1) is 21.6. The molecular weight excluding hydrogens is 378 g/mol. The minimum Gasteiger partial charge on any atom is -0.497 e. The molecule has 1 heterocycles. The predicted octanol–water partition coefficient (Wildman–Crippen LogP) is 3.62. The summed E-state index contributed by atoms with van der Waals surface area (Å²) in [7, 11) is 1.67. The lowest BCUT2D eigenvalue weighted by Crippen LogP contribution is -2.36. The van der Waals surface area contributed by atoms with Gasteiger partial charge in [0.25, 0.3) is 0 Å². The van der Waals surface area contributed by atoms with Gasteiger partial charge in [-0.25, -0.2) is 0 Å². The highest BCUT2D eigenvalue weighted by atomic mass is 16.5. The minimum absolute atomic E-state index is 0.110. The normalized spacial score (nSPS) is 15.1. The molecule has 30 heavy (non-hydrogen) atoms. The van der Waals surface area contributed by atoms with E-state index in [9.17, 15) is 9.59 Å². The van der Waals surface area contributed by atoms with E-state index in [1.807, 2.05) is 42.5 Å². The molecule has 2 N–H and O–H groups in total. The van der Waals surface area contributed by atoms with Crippen LogP contribution in [0.1, 0.15) is 36.9 Å². The third-order valence-electron chi connectivity index (χ3n) is 5.19. The maximum atomic E-state index is 12.4. The zero-order valence-electron chi connectivity index (χ0n) is 17.6. The van der Waals surface area contributed by atoms with Gasteiger partial charge < -0.3 is 15.4 Å². The number of benzene rings is 2. The molecule has 0 bridgehead atoms. The second-order valence-electron chi connectivity index (χ2n) is 7.42. The number of anilines is 1. The lowest BCUT2D eigenvalue weighted by Gasteiger charge is -2.28. The number of ether oxygens (including phenoxy) is 1. The van der Waals surface area contributed by atoms with E-state index in [4.69, 9.17) is 4.74 Å². The van der Waals surface area contributed by atoms with E-state index in [1.54, 1.807) is 19.3 Å². The van der Waals surface area contributed by atoms with Gasteiger partial charge in [-0.15, -0.1) is 0 Å². The molecule has 2 aromatic rings. The lowest BCUT2D eigenvalue weighted by molar-refractivity contribution is -0.116. The van der Waals surface area contributed by atoms with Gasteiger partial charge in [-0.3, -0.25) is 14.5 Å². The first-order valence-electron chi connectivity index (χ1n) is 10.3. The van der Waals surface area contributed by atoms with Crippen molar-refractivity contribution < 1.29 is 14.3 Å². The summed E-state index contributed by atoms with van der Waals surface area (Å²) >= 11 is 0. The van der Waals surface area contributed by atoms with Gasteiger partial charge in [-0.2, -0.15) is 0 Å². The monoisotopic (exact) mass is 407 g/mol. The van der Waals surface area contributed by atoms with Gasteiger partial charge in [0.15, 0.2) is 0 Å².